The van der Waals surface area contributed by atoms with Crippen LogP contribution in [0.4, 0.5) is 0 Å². The molecular formula is C22H23NO4S2. The average molecular weight is 430 g/mol. The Bertz CT molecular complexity index is 996. The van der Waals surface area contributed by atoms with Crippen LogP contribution in [0.5, 0.6) is 0 Å². The first kappa shape index (κ1) is 20.0. The molecule has 3 heterocycles. The molecule has 1 aliphatic heterocycles. The molecule has 1 fully saturated rings. The molecule has 0 N–H and O–H groups in total. The Morgan fingerprint density at radius 1 is 1.28 bits per heavy atom. The second-order valence-corrected chi connectivity index (χ2v) is 9.19. The van der Waals surface area contributed by atoms with Gasteiger partial charge >= 0.3 is 5.97 Å². The molecule has 1 amide bonds. The van der Waals surface area contributed by atoms with Gasteiger partial charge in [-0.15, -0.1) is 23.1 Å². The maximum Gasteiger partial charge on any atom is 0.310 e. The molecule has 2 aromatic heterocycles. The number of piperidine rings is 1. The Kier molecular flexibility index (Phi) is 6.25. The van der Waals surface area contributed by atoms with Gasteiger partial charge in [0, 0.05) is 29.8 Å². The van der Waals surface area contributed by atoms with E-state index in [0.717, 1.165) is 29.4 Å². The third-order valence-electron chi connectivity index (χ3n) is 5.07. The lowest BCUT2D eigenvalue weighted by atomic mass is 9.97. The number of benzene rings is 1. The van der Waals surface area contributed by atoms with Crippen LogP contribution < -0.4 is 0 Å². The van der Waals surface area contributed by atoms with E-state index in [1.807, 2.05) is 35.7 Å². The number of esters is 1. The largest absolute Gasteiger partial charge is 0.466 e. The maximum absolute atomic E-state index is 13.4. The number of para-hydroxylation sites is 1. The molecule has 3 aromatic rings. The van der Waals surface area contributed by atoms with E-state index in [0.29, 0.717) is 31.2 Å². The summed E-state index contributed by atoms with van der Waals surface area (Å²) >= 11 is 3.39. The van der Waals surface area contributed by atoms with Crippen molar-refractivity contribution in [3.05, 3.63) is 53.1 Å². The smallest absolute Gasteiger partial charge is 0.310 e. The number of thiophene rings is 1. The number of rotatable bonds is 6. The van der Waals surface area contributed by atoms with Crippen molar-refractivity contribution in [2.24, 2.45) is 5.92 Å². The number of hydrogen-bond acceptors (Lipinski definition) is 6. The molecule has 29 heavy (non-hydrogen) atoms. The second-order valence-electron chi connectivity index (χ2n) is 6.97. The SMILES string of the molecule is CCOC(=O)C1CCCN(C(=O)c2oc3ccccc3c2CSc2cccs2)C1. The number of carbonyl (C=O) groups excluding carboxylic acids is 2. The van der Waals surface area contributed by atoms with Crippen LogP contribution in [-0.2, 0) is 15.3 Å². The molecule has 4 rings (SSSR count). The number of amides is 1. The van der Waals surface area contributed by atoms with Crippen LogP contribution in [0.25, 0.3) is 11.0 Å². The van der Waals surface area contributed by atoms with Crippen LogP contribution >= 0.6 is 23.1 Å². The molecule has 1 unspecified atom stereocenters. The predicted octanol–water partition coefficient (Wildman–Crippen LogP) is 5.20. The van der Waals surface area contributed by atoms with Crippen LogP contribution in [0.1, 0.15) is 35.9 Å². The van der Waals surface area contributed by atoms with Gasteiger partial charge in [0.2, 0.25) is 0 Å². The number of likely N-dealkylation sites (tertiary alicyclic amines) is 1. The highest BCUT2D eigenvalue weighted by molar-refractivity contribution is 8.00. The average Bonchev–Trinajstić information content (AvgIpc) is 3.39. The number of thioether (sulfide) groups is 1. The van der Waals surface area contributed by atoms with Crippen molar-refractivity contribution in [1.82, 2.24) is 4.90 Å². The van der Waals surface area contributed by atoms with Gasteiger partial charge in [0.05, 0.1) is 16.7 Å². The van der Waals surface area contributed by atoms with E-state index in [4.69, 9.17) is 9.15 Å². The summed E-state index contributed by atoms with van der Waals surface area (Å²) in [5.41, 5.74) is 1.64. The standard InChI is InChI=1S/C22H23NO4S2/c1-2-26-22(25)15-7-5-11-23(13-15)21(24)20-17(14-29-19-10-6-12-28-19)16-8-3-4-9-18(16)27-20/h3-4,6,8-10,12,15H,2,5,7,11,13-14H2,1H3. The van der Waals surface area contributed by atoms with Gasteiger partial charge in [-0.25, -0.2) is 0 Å². The summed E-state index contributed by atoms with van der Waals surface area (Å²) in [5.74, 6) is 0.425. The number of fused-ring (bicyclic) bond motifs is 1. The molecule has 1 saturated heterocycles. The molecule has 0 aliphatic carbocycles. The highest BCUT2D eigenvalue weighted by Crippen LogP contribution is 2.34. The normalized spacial score (nSPS) is 16.9. The van der Waals surface area contributed by atoms with Gasteiger partial charge in [0.1, 0.15) is 5.58 Å². The lowest BCUT2D eigenvalue weighted by Crippen LogP contribution is -2.43. The highest BCUT2D eigenvalue weighted by Gasteiger charge is 2.32. The summed E-state index contributed by atoms with van der Waals surface area (Å²) in [6.45, 7) is 3.17. The monoisotopic (exact) mass is 429 g/mol. The molecule has 7 heteroatoms. The van der Waals surface area contributed by atoms with Crippen LogP contribution in [0, 0.1) is 5.92 Å². The molecule has 1 atom stereocenters. The number of ether oxygens (including phenoxy) is 1. The zero-order valence-electron chi connectivity index (χ0n) is 16.3. The molecule has 0 bridgehead atoms. The minimum absolute atomic E-state index is 0.142. The van der Waals surface area contributed by atoms with Gasteiger partial charge in [-0.3, -0.25) is 9.59 Å². The Morgan fingerprint density at radius 2 is 2.14 bits per heavy atom. The van der Waals surface area contributed by atoms with Crippen molar-refractivity contribution in [3.8, 4) is 0 Å². The number of carbonyl (C=O) groups is 2. The molecule has 1 aromatic carbocycles. The Hall–Kier alpha value is -2.25. The molecule has 5 nitrogen and oxygen atoms in total. The first-order valence-electron chi connectivity index (χ1n) is 9.80. The number of furan rings is 1. The van der Waals surface area contributed by atoms with Crippen molar-refractivity contribution in [1.29, 1.82) is 0 Å². The highest BCUT2D eigenvalue weighted by atomic mass is 32.2. The van der Waals surface area contributed by atoms with E-state index in [1.165, 1.54) is 4.21 Å². The van der Waals surface area contributed by atoms with Crippen molar-refractivity contribution < 1.29 is 18.7 Å². The Labute approximate surface area is 178 Å². The fourth-order valence-electron chi connectivity index (χ4n) is 3.66. The molecule has 0 radical (unpaired) electrons. The van der Waals surface area contributed by atoms with Crippen molar-refractivity contribution in [2.75, 3.05) is 19.7 Å². The number of hydrogen-bond donors (Lipinski definition) is 0. The molecular weight excluding hydrogens is 406 g/mol. The molecule has 0 spiro atoms. The summed E-state index contributed by atoms with van der Waals surface area (Å²) < 4.78 is 12.4. The van der Waals surface area contributed by atoms with E-state index in [-0.39, 0.29) is 17.8 Å². The van der Waals surface area contributed by atoms with E-state index in [2.05, 4.69) is 6.07 Å². The first-order valence-corrected chi connectivity index (χ1v) is 11.7. The summed E-state index contributed by atoms with van der Waals surface area (Å²) in [6.07, 6.45) is 1.54. The van der Waals surface area contributed by atoms with E-state index >= 15 is 0 Å². The fraction of sp³-hybridized carbons (Fsp3) is 0.364. The van der Waals surface area contributed by atoms with Crippen LogP contribution in [-0.4, -0.2) is 36.5 Å². The summed E-state index contributed by atoms with van der Waals surface area (Å²) in [6, 6.07) is 11.9. The maximum atomic E-state index is 13.4. The zero-order chi connectivity index (χ0) is 20.2. The van der Waals surface area contributed by atoms with Gasteiger partial charge in [-0.05, 0) is 37.3 Å². The number of nitrogens with zero attached hydrogens (tertiary/aromatic N) is 1. The first-order chi connectivity index (χ1) is 14.2. The summed E-state index contributed by atoms with van der Waals surface area (Å²) in [7, 11) is 0. The minimum atomic E-state index is -0.263. The zero-order valence-corrected chi connectivity index (χ0v) is 17.9. The molecule has 0 saturated carbocycles. The molecule has 152 valence electrons. The van der Waals surface area contributed by atoms with Crippen molar-refractivity contribution >= 4 is 45.9 Å². The lowest BCUT2D eigenvalue weighted by Gasteiger charge is -2.31. The van der Waals surface area contributed by atoms with Crippen LogP contribution in [0.2, 0.25) is 0 Å². The topological polar surface area (TPSA) is 59.8 Å². The minimum Gasteiger partial charge on any atom is -0.466 e. The van der Waals surface area contributed by atoms with Gasteiger partial charge in [0.15, 0.2) is 5.76 Å². The second kappa shape index (κ2) is 9.05. The van der Waals surface area contributed by atoms with Gasteiger partial charge < -0.3 is 14.1 Å². The predicted molar refractivity (Wildman–Crippen MR) is 115 cm³/mol. The Balaban J connectivity index is 1.59. The van der Waals surface area contributed by atoms with Gasteiger partial charge in [-0.2, -0.15) is 0 Å². The third kappa shape index (κ3) is 4.36. The van der Waals surface area contributed by atoms with E-state index in [1.54, 1.807) is 34.9 Å². The Morgan fingerprint density at radius 3 is 2.93 bits per heavy atom. The van der Waals surface area contributed by atoms with E-state index in [9.17, 15) is 9.59 Å². The summed E-state index contributed by atoms with van der Waals surface area (Å²) in [4.78, 5) is 27.2. The van der Waals surface area contributed by atoms with Crippen LogP contribution in [0.3, 0.4) is 0 Å². The van der Waals surface area contributed by atoms with Gasteiger partial charge in [0.25, 0.3) is 5.91 Å². The van der Waals surface area contributed by atoms with E-state index < -0.39 is 0 Å². The molecule has 1 aliphatic rings. The third-order valence-corrected chi connectivity index (χ3v) is 7.23. The lowest BCUT2D eigenvalue weighted by molar-refractivity contribution is -0.149. The fourth-order valence-corrected chi connectivity index (χ4v) is 5.47. The quantitative estimate of drug-likeness (QED) is 0.398. The van der Waals surface area contributed by atoms with Crippen LogP contribution in [0.15, 0.2) is 50.4 Å². The summed E-state index contributed by atoms with van der Waals surface area (Å²) in [5, 5.41) is 3.02. The van der Waals surface area contributed by atoms with Gasteiger partial charge in [-0.1, -0.05) is 24.3 Å². The van der Waals surface area contributed by atoms with Crippen molar-refractivity contribution in [2.45, 2.75) is 29.7 Å². The van der Waals surface area contributed by atoms with Crippen molar-refractivity contribution in [3.63, 3.8) is 0 Å².